The molecule has 1 amide bonds. The summed E-state index contributed by atoms with van der Waals surface area (Å²) in [7, 11) is -5.51. The van der Waals surface area contributed by atoms with Gasteiger partial charge in [0.1, 0.15) is 0 Å². The van der Waals surface area contributed by atoms with Crippen molar-refractivity contribution in [1.82, 2.24) is 9.03 Å². The van der Waals surface area contributed by atoms with Crippen molar-refractivity contribution in [2.45, 2.75) is 31.6 Å². The van der Waals surface area contributed by atoms with Gasteiger partial charge in [0.15, 0.2) is 0 Å². The number of amides is 1. The zero-order chi connectivity index (χ0) is 19.5. The maximum absolute atomic E-state index is 12.5. The van der Waals surface area contributed by atoms with E-state index in [0.717, 1.165) is 5.56 Å². The minimum atomic E-state index is -3.60. The fraction of sp³-hybridized carbons (Fsp3) is 0.562. The number of hydrogen-bond acceptors (Lipinski definition) is 5. The SMILES string of the molecule is CCS(=O)(=O)N1CCC(C(=O)Nc2cc(S(=O)(=O)NC)ccc2C)CC1. The zero-order valence-electron chi connectivity index (χ0n) is 15.1. The molecule has 0 spiro atoms. The lowest BCUT2D eigenvalue weighted by Crippen LogP contribution is -2.42. The van der Waals surface area contributed by atoms with E-state index in [9.17, 15) is 21.6 Å². The first-order chi connectivity index (χ1) is 12.1. The van der Waals surface area contributed by atoms with Gasteiger partial charge in [-0.25, -0.2) is 25.9 Å². The molecule has 1 heterocycles. The van der Waals surface area contributed by atoms with E-state index >= 15 is 0 Å². The van der Waals surface area contributed by atoms with Gasteiger partial charge in [-0.05, 0) is 51.4 Å². The van der Waals surface area contributed by atoms with Crippen molar-refractivity contribution in [3.63, 3.8) is 0 Å². The number of sulfonamides is 2. The molecule has 0 aromatic heterocycles. The van der Waals surface area contributed by atoms with Gasteiger partial charge in [-0.2, -0.15) is 0 Å². The molecule has 1 aromatic rings. The number of carbonyl (C=O) groups excluding carboxylic acids is 1. The van der Waals surface area contributed by atoms with Gasteiger partial charge in [-0.3, -0.25) is 4.79 Å². The topological polar surface area (TPSA) is 113 Å². The van der Waals surface area contributed by atoms with Crippen LogP contribution in [-0.4, -0.2) is 52.9 Å². The van der Waals surface area contributed by atoms with Crippen LogP contribution < -0.4 is 10.0 Å². The Balaban J connectivity index is 2.08. The Morgan fingerprint density at radius 2 is 1.81 bits per heavy atom. The van der Waals surface area contributed by atoms with E-state index in [0.29, 0.717) is 31.6 Å². The summed E-state index contributed by atoms with van der Waals surface area (Å²) in [6.45, 7) is 4.02. The first-order valence-electron chi connectivity index (χ1n) is 8.43. The fourth-order valence-corrected chi connectivity index (χ4v) is 4.72. The lowest BCUT2D eigenvalue weighted by Gasteiger charge is -2.30. The number of hydrogen-bond donors (Lipinski definition) is 2. The summed E-state index contributed by atoms with van der Waals surface area (Å²) < 4.78 is 51.3. The number of rotatable bonds is 6. The Hall–Kier alpha value is -1.49. The molecule has 2 rings (SSSR count). The second kappa shape index (κ2) is 8.03. The first-order valence-corrected chi connectivity index (χ1v) is 11.5. The molecular weight excluding hydrogens is 378 g/mol. The van der Waals surface area contributed by atoms with E-state index in [1.807, 2.05) is 0 Å². The van der Waals surface area contributed by atoms with Crippen LogP contribution in [-0.2, 0) is 24.8 Å². The van der Waals surface area contributed by atoms with Crippen LogP contribution in [0, 0.1) is 12.8 Å². The maximum Gasteiger partial charge on any atom is 0.240 e. The molecule has 1 aromatic carbocycles. The molecule has 0 saturated carbocycles. The summed E-state index contributed by atoms with van der Waals surface area (Å²) in [6, 6.07) is 4.54. The number of nitrogens with zero attached hydrogens (tertiary/aromatic N) is 1. The van der Waals surface area contributed by atoms with Gasteiger partial charge in [0.05, 0.1) is 10.6 Å². The minimum Gasteiger partial charge on any atom is -0.326 e. The van der Waals surface area contributed by atoms with E-state index in [1.54, 1.807) is 19.9 Å². The first kappa shape index (κ1) is 20.8. The molecule has 26 heavy (non-hydrogen) atoms. The molecule has 0 radical (unpaired) electrons. The van der Waals surface area contributed by atoms with E-state index < -0.39 is 20.0 Å². The Labute approximate surface area is 155 Å². The summed E-state index contributed by atoms with van der Waals surface area (Å²) in [5.74, 6) is -0.474. The summed E-state index contributed by atoms with van der Waals surface area (Å²) in [5.41, 5.74) is 1.19. The molecule has 0 bridgehead atoms. The van der Waals surface area contributed by atoms with Gasteiger partial charge in [0, 0.05) is 24.7 Å². The highest BCUT2D eigenvalue weighted by molar-refractivity contribution is 7.89. The maximum atomic E-state index is 12.5. The van der Waals surface area contributed by atoms with Gasteiger partial charge >= 0.3 is 0 Å². The average Bonchev–Trinajstić information content (AvgIpc) is 2.63. The van der Waals surface area contributed by atoms with E-state index in [1.165, 1.54) is 23.5 Å². The van der Waals surface area contributed by atoms with Crippen molar-refractivity contribution in [3.05, 3.63) is 23.8 Å². The van der Waals surface area contributed by atoms with Crippen molar-refractivity contribution >= 4 is 31.6 Å². The molecule has 8 nitrogen and oxygen atoms in total. The standard InChI is InChI=1S/C16H25N3O5S2/c1-4-25(21,22)19-9-7-13(8-10-19)16(20)18-15-11-14(6-5-12(15)2)26(23,24)17-3/h5-6,11,13,17H,4,7-10H2,1-3H3,(H,18,20). The van der Waals surface area contributed by atoms with E-state index in [4.69, 9.17) is 0 Å². The third kappa shape index (κ3) is 4.61. The highest BCUT2D eigenvalue weighted by Crippen LogP contribution is 2.24. The van der Waals surface area contributed by atoms with Gasteiger partial charge in [-0.1, -0.05) is 6.07 Å². The summed E-state index contributed by atoms with van der Waals surface area (Å²) >= 11 is 0. The number of nitrogens with one attached hydrogen (secondary N) is 2. The smallest absolute Gasteiger partial charge is 0.240 e. The second-order valence-corrected chi connectivity index (χ2v) is 10.4. The van der Waals surface area contributed by atoms with Crippen LogP contribution in [0.3, 0.4) is 0 Å². The summed E-state index contributed by atoms with van der Waals surface area (Å²) in [4.78, 5) is 12.6. The van der Waals surface area contributed by atoms with Gasteiger partial charge in [0.2, 0.25) is 26.0 Å². The Bertz CT molecular complexity index is 873. The number of anilines is 1. The molecule has 1 aliphatic rings. The van der Waals surface area contributed by atoms with Crippen LogP contribution in [0.15, 0.2) is 23.1 Å². The Kier molecular flexibility index (Phi) is 6.43. The number of piperidine rings is 1. The van der Waals surface area contributed by atoms with Crippen LogP contribution in [0.4, 0.5) is 5.69 Å². The largest absolute Gasteiger partial charge is 0.326 e. The zero-order valence-corrected chi connectivity index (χ0v) is 16.8. The van der Waals surface area contributed by atoms with Crippen LogP contribution >= 0.6 is 0 Å². The lowest BCUT2D eigenvalue weighted by atomic mass is 9.97. The number of aryl methyl sites for hydroxylation is 1. The predicted molar refractivity (Wildman–Crippen MR) is 99.8 cm³/mol. The van der Waals surface area contributed by atoms with Gasteiger partial charge < -0.3 is 5.32 Å². The van der Waals surface area contributed by atoms with Gasteiger partial charge in [0.25, 0.3) is 0 Å². The monoisotopic (exact) mass is 403 g/mol. The molecule has 0 aliphatic carbocycles. The Morgan fingerprint density at radius 3 is 2.35 bits per heavy atom. The molecule has 2 N–H and O–H groups in total. The van der Waals surface area contributed by atoms with E-state index in [-0.39, 0.29) is 22.5 Å². The molecule has 10 heteroatoms. The molecule has 146 valence electrons. The molecule has 1 saturated heterocycles. The van der Waals surface area contributed by atoms with Crippen LogP contribution in [0.25, 0.3) is 0 Å². The molecule has 1 aliphatic heterocycles. The molecule has 0 atom stereocenters. The minimum absolute atomic E-state index is 0.0514. The van der Waals surface area contributed by atoms with Crippen LogP contribution in [0.2, 0.25) is 0 Å². The van der Waals surface area contributed by atoms with Crippen molar-refractivity contribution in [3.8, 4) is 0 Å². The quantitative estimate of drug-likeness (QED) is 0.733. The molecular formula is C16H25N3O5S2. The van der Waals surface area contributed by atoms with Crippen LogP contribution in [0.1, 0.15) is 25.3 Å². The predicted octanol–water partition coefficient (Wildman–Crippen LogP) is 0.903. The van der Waals surface area contributed by atoms with Crippen molar-refractivity contribution in [1.29, 1.82) is 0 Å². The van der Waals surface area contributed by atoms with Crippen LogP contribution in [0.5, 0.6) is 0 Å². The lowest BCUT2D eigenvalue weighted by molar-refractivity contribution is -0.120. The average molecular weight is 404 g/mol. The van der Waals surface area contributed by atoms with E-state index in [2.05, 4.69) is 10.0 Å². The number of carbonyl (C=O) groups is 1. The second-order valence-electron chi connectivity index (χ2n) is 6.25. The fourth-order valence-electron chi connectivity index (χ4n) is 2.83. The molecule has 0 unspecified atom stereocenters. The summed E-state index contributed by atoms with van der Waals surface area (Å²) in [6.07, 6.45) is 0.886. The number of benzene rings is 1. The van der Waals surface area contributed by atoms with Gasteiger partial charge in [-0.15, -0.1) is 0 Å². The third-order valence-electron chi connectivity index (χ3n) is 4.63. The molecule has 1 fully saturated rings. The van der Waals surface area contributed by atoms with Crippen molar-refractivity contribution in [2.75, 3.05) is 31.2 Å². The Morgan fingerprint density at radius 1 is 1.19 bits per heavy atom. The highest BCUT2D eigenvalue weighted by atomic mass is 32.2. The normalized spacial score (nSPS) is 17.2. The third-order valence-corrected chi connectivity index (χ3v) is 7.92. The van der Waals surface area contributed by atoms with Crippen molar-refractivity contribution in [2.24, 2.45) is 5.92 Å². The summed E-state index contributed by atoms with van der Waals surface area (Å²) in [5, 5.41) is 2.78. The highest BCUT2D eigenvalue weighted by Gasteiger charge is 2.30. The van der Waals surface area contributed by atoms with Crippen molar-refractivity contribution < 1.29 is 21.6 Å².